The predicted molar refractivity (Wildman–Crippen MR) is 54.6 cm³/mol. The molecule has 2 atom stereocenters. The Hall–Kier alpha value is -2.16. The minimum atomic E-state index is -1.86. The van der Waals surface area contributed by atoms with E-state index in [1.54, 1.807) is 0 Å². The van der Waals surface area contributed by atoms with Gasteiger partial charge in [-0.1, -0.05) is 0 Å². The van der Waals surface area contributed by atoms with Gasteiger partial charge in [-0.05, 0) is 0 Å². The molecule has 0 aromatic carbocycles. The van der Waals surface area contributed by atoms with Crippen molar-refractivity contribution in [3.8, 4) is 0 Å². The second kappa shape index (κ2) is 4.61. The predicted octanol–water partition coefficient (Wildman–Crippen LogP) is -2.07. The first-order valence-corrected chi connectivity index (χ1v) is 4.94. The van der Waals surface area contributed by atoms with Crippen molar-refractivity contribution in [3.05, 3.63) is 0 Å². The fraction of sp³-hybridized carbons (Fsp3) is 0.556. The number of carbonyl (C=O) groups is 4. The third-order valence-corrected chi connectivity index (χ3v) is 2.72. The van der Waals surface area contributed by atoms with E-state index in [2.05, 4.69) is 0 Å². The van der Waals surface area contributed by atoms with Gasteiger partial charge in [0.2, 0.25) is 5.91 Å². The lowest BCUT2D eigenvalue weighted by Crippen LogP contribution is -2.50. The molecular weight excluding hydrogens is 248 g/mol. The lowest BCUT2D eigenvalue weighted by Gasteiger charge is -2.21. The number of carbonyl (C=O) groups excluding carboxylic acids is 1. The minimum Gasteiger partial charge on any atom is -0.481 e. The number of hydrogen-bond donors (Lipinski definition) is 4. The Kier molecular flexibility index (Phi) is 3.56. The van der Waals surface area contributed by atoms with Gasteiger partial charge in [-0.25, -0.2) is 4.79 Å². The van der Waals surface area contributed by atoms with Crippen LogP contribution >= 0.6 is 0 Å². The van der Waals surface area contributed by atoms with E-state index >= 15 is 0 Å². The molecule has 5 N–H and O–H groups in total. The Morgan fingerprint density at radius 1 is 1.22 bits per heavy atom. The van der Waals surface area contributed by atoms with Gasteiger partial charge < -0.3 is 26.0 Å². The SMILES string of the molecule is N[C@@]1(C(=O)O)C[C@@H](C(=O)O)N(C(=O)CC(=O)O)C1. The molecule has 0 aromatic rings. The van der Waals surface area contributed by atoms with Crippen molar-refractivity contribution in [1.82, 2.24) is 4.90 Å². The fourth-order valence-electron chi connectivity index (χ4n) is 1.80. The van der Waals surface area contributed by atoms with Crippen LogP contribution in [0.3, 0.4) is 0 Å². The van der Waals surface area contributed by atoms with Crippen LogP contribution in [0.2, 0.25) is 0 Å². The summed E-state index contributed by atoms with van der Waals surface area (Å²) in [6.45, 7) is -0.522. The van der Waals surface area contributed by atoms with E-state index in [9.17, 15) is 19.2 Å². The Bertz CT molecular complexity index is 421. The molecular formula is C9H12N2O7. The smallest absolute Gasteiger partial charge is 0.326 e. The molecule has 0 radical (unpaired) electrons. The molecule has 1 fully saturated rings. The normalized spacial score (nSPS) is 26.9. The largest absolute Gasteiger partial charge is 0.481 e. The van der Waals surface area contributed by atoms with Gasteiger partial charge in [-0.15, -0.1) is 0 Å². The molecule has 100 valence electrons. The Balaban J connectivity index is 2.95. The average molecular weight is 260 g/mol. The summed E-state index contributed by atoms with van der Waals surface area (Å²) in [5.41, 5.74) is 3.62. The van der Waals surface area contributed by atoms with Gasteiger partial charge in [0, 0.05) is 6.42 Å². The molecule has 1 saturated heterocycles. The van der Waals surface area contributed by atoms with Gasteiger partial charge >= 0.3 is 17.9 Å². The summed E-state index contributed by atoms with van der Waals surface area (Å²) in [6.07, 6.45) is -1.36. The standard InChI is InChI=1S/C9H12N2O7/c10-9(8(17)18)2-4(7(15)16)11(3-9)5(12)1-6(13)14/h4H,1-3,10H2,(H,13,14)(H,15,16)(H,17,18)/t4-,9-/m0/s1. The number of nitrogens with zero attached hydrogens (tertiary/aromatic N) is 1. The summed E-state index contributed by atoms with van der Waals surface area (Å²) in [6, 6.07) is -1.42. The summed E-state index contributed by atoms with van der Waals surface area (Å²) in [7, 11) is 0. The number of carboxylic acids is 3. The Morgan fingerprint density at radius 3 is 2.17 bits per heavy atom. The van der Waals surface area contributed by atoms with Crippen LogP contribution in [0.1, 0.15) is 12.8 Å². The van der Waals surface area contributed by atoms with Crippen LogP contribution in [0.25, 0.3) is 0 Å². The van der Waals surface area contributed by atoms with Gasteiger partial charge in [0.15, 0.2) is 0 Å². The van der Waals surface area contributed by atoms with E-state index in [0.29, 0.717) is 4.90 Å². The summed E-state index contributed by atoms with van der Waals surface area (Å²) in [5.74, 6) is -5.24. The lowest BCUT2D eigenvalue weighted by atomic mass is 9.98. The van der Waals surface area contributed by atoms with Crippen molar-refractivity contribution in [2.75, 3.05) is 6.54 Å². The highest BCUT2D eigenvalue weighted by Crippen LogP contribution is 2.26. The first-order chi connectivity index (χ1) is 8.17. The van der Waals surface area contributed by atoms with Crippen LogP contribution in [-0.4, -0.2) is 62.2 Å². The van der Waals surface area contributed by atoms with Crippen LogP contribution in [0, 0.1) is 0 Å². The molecule has 1 heterocycles. The molecule has 9 nitrogen and oxygen atoms in total. The van der Waals surface area contributed by atoms with Crippen LogP contribution in [0.5, 0.6) is 0 Å². The van der Waals surface area contributed by atoms with E-state index in [-0.39, 0.29) is 0 Å². The van der Waals surface area contributed by atoms with Crippen LogP contribution < -0.4 is 5.73 Å². The summed E-state index contributed by atoms with van der Waals surface area (Å²) in [5, 5.41) is 26.2. The molecule has 0 saturated carbocycles. The molecule has 0 spiro atoms. The van der Waals surface area contributed by atoms with Gasteiger partial charge in [-0.3, -0.25) is 14.4 Å². The third kappa shape index (κ3) is 2.56. The van der Waals surface area contributed by atoms with Crippen LogP contribution in [-0.2, 0) is 19.2 Å². The molecule has 0 unspecified atom stereocenters. The number of carboxylic acid groups (broad SMARTS) is 3. The first kappa shape index (κ1) is 13.9. The van der Waals surface area contributed by atoms with E-state index in [1.807, 2.05) is 0 Å². The minimum absolute atomic E-state index is 0.455. The molecule has 9 heteroatoms. The number of likely N-dealkylation sites (tertiary alicyclic amines) is 1. The molecule has 1 amide bonds. The zero-order valence-electron chi connectivity index (χ0n) is 9.20. The topological polar surface area (TPSA) is 158 Å². The maximum absolute atomic E-state index is 11.5. The van der Waals surface area contributed by atoms with E-state index in [0.717, 1.165) is 0 Å². The van der Waals surface area contributed by atoms with Gasteiger partial charge in [-0.2, -0.15) is 0 Å². The van der Waals surface area contributed by atoms with Gasteiger partial charge in [0.05, 0.1) is 6.54 Å². The number of rotatable bonds is 4. The molecule has 1 rings (SSSR count). The third-order valence-electron chi connectivity index (χ3n) is 2.72. The Morgan fingerprint density at radius 2 is 1.78 bits per heavy atom. The first-order valence-electron chi connectivity index (χ1n) is 4.94. The zero-order valence-corrected chi connectivity index (χ0v) is 9.20. The van der Waals surface area contributed by atoms with Gasteiger partial charge in [0.25, 0.3) is 0 Å². The van der Waals surface area contributed by atoms with E-state index in [4.69, 9.17) is 21.1 Å². The van der Waals surface area contributed by atoms with Crippen molar-refractivity contribution < 1.29 is 34.5 Å². The number of hydrogen-bond acceptors (Lipinski definition) is 5. The molecule has 0 aromatic heterocycles. The highest BCUT2D eigenvalue weighted by molar-refractivity contribution is 5.96. The molecule has 0 aliphatic carbocycles. The maximum atomic E-state index is 11.5. The van der Waals surface area contributed by atoms with Crippen LogP contribution in [0.15, 0.2) is 0 Å². The second-order valence-corrected chi connectivity index (χ2v) is 4.11. The molecule has 1 aliphatic heterocycles. The molecule has 1 aliphatic rings. The van der Waals surface area contributed by atoms with Crippen molar-refractivity contribution in [2.45, 2.75) is 24.4 Å². The van der Waals surface area contributed by atoms with Crippen molar-refractivity contribution in [3.63, 3.8) is 0 Å². The quantitative estimate of drug-likeness (QED) is 0.419. The lowest BCUT2D eigenvalue weighted by molar-refractivity contribution is -0.151. The summed E-state index contributed by atoms with van der Waals surface area (Å²) in [4.78, 5) is 44.4. The Labute approximate surface area is 101 Å². The fourth-order valence-corrected chi connectivity index (χ4v) is 1.80. The van der Waals surface area contributed by atoms with E-state index < -0.39 is 54.8 Å². The second-order valence-electron chi connectivity index (χ2n) is 4.11. The number of amides is 1. The van der Waals surface area contributed by atoms with Crippen molar-refractivity contribution in [1.29, 1.82) is 0 Å². The van der Waals surface area contributed by atoms with Crippen LogP contribution in [0.4, 0.5) is 0 Å². The average Bonchev–Trinajstić information content (AvgIpc) is 2.57. The van der Waals surface area contributed by atoms with Crippen molar-refractivity contribution in [2.24, 2.45) is 5.73 Å². The number of aliphatic carboxylic acids is 3. The highest BCUT2D eigenvalue weighted by atomic mass is 16.4. The number of nitrogens with two attached hydrogens (primary N) is 1. The zero-order chi connectivity index (χ0) is 14.1. The monoisotopic (exact) mass is 260 g/mol. The summed E-state index contributed by atoms with van der Waals surface area (Å²) >= 11 is 0. The maximum Gasteiger partial charge on any atom is 0.326 e. The molecule has 0 bridgehead atoms. The highest BCUT2D eigenvalue weighted by Gasteiger charge is 2.51. The van der Waals surface area contributed by atoms with Crippen molar-refractivity contribution >= 4 is 23.8 Å². The summed E-state index contributed by atoms with van der Waals surface area (Å²) < 4.78 is 0. The van der Waals surface area contributed by atoms with Gasteiger partial charge in [0.1, 0.15) is 18.0 Å². The van der Waals surface area contributed by atoms with E-state index in [1.165, 1.54) is 0 Å². The molecule has 18 heavy (non-hydrogen) atoms.